The first-order valence-corrected chi connectivity index (χ1v) is 10.0. The van der Waals surface area contributed by atoms with Gasteiger partial charge in [-0.1, -0.05) is 29.4 Å². The molecule has 8 heteroatoms. The zero-order chi connectivity index (χ0) is 18.1. The average Bonchev–Trinajstić information content (AvgIpc) is 3.24. The number of amides is 1. The summed E-state index contributed by atoms with van der Waals surface area (Å²) in [5, 5.41) is 3.36. The Morgan fingerprint density at radius 2 is 2.15 bits per heavy atom. The van der Waals surface area contributed by atoms with E-state index in [4.69, 9.17) is 21.1 Å². The Kier molecular flexibility index (Phi) is 4.93. The first-order valence-electron chi connectivity index (χ1n) is 7.97. The van der Waals surface area contributed by atoms with Crippen LogP contribution in [0.25, 0.3) is 10.2 Å². The van der Waals surface area contributed by atoms with Crippen LogP contribution in [-0.4, -0.2) is 22.9 Å². The van der Waals surface area contributed by atoms with Crippen LogP contribution in [0.1, 0.15) is 12.5 Å². The Morgan fingerprint density at radius 3 is 3.04 bits per heavy atom. The largest absolute Gasteiger partial charge is 0.454 e. The van der Waals surface area contributed by atoms with E-state index in [1.165, 1.54) is 11.8 Å². The average molecular weight is 407 g/mol. The van der Waals surface area contributed by atoms with Gasteiger partial charge < -0.3 is 14.8 Å². The van der Waals surface area contributed by atoms with Crippen molar-refractivity contribution in [1.82, 2.24) is 10.3 Å². The monoisotopic (exact) mass is 406 g/mol. The first kappa shape index (κ1) is 17.5. The summed E-state index contributed by atoms with van der Waals surface area (Å²) in [6, 6.07) is 11.3. The van der Waals surface area contributed by atoms with E-state index in [0.717, 1.165) is 25.9 Å². The topological polar surface area (TPSA) is 60.5 Å². The molecule has 4 rings (SSSR count). The lowest BCUT2D eigenvalue weighted by molar-refractivity contribution is -0.120. The summed E-state index contributed by atoms with van der Waals surface area (Å²) in [4.78, 5) is 16.9. The Bertz CT molecular complexity index is 976. The molecule has 5 nitrogen and oxygen atoms in total. The number of carbonyl (C=O) groups excluding carboxylic acids is 1. The van der Waals surface area contributed by atoms with Crippen molar-refractivity contribution in [1.29, 1.82) is 0 Å². The molecule has 0 radical (unpaired) electrons. The van der Waals surface area contributed by atoms with Gasteiger partial charge in [0.2, 0.25) is 12.7 Å². The van der Waals surface area contributed by atoms with Gasteiger partial charge in [-0.25, -0.2) is 4.98 Å². The first-order chi connectivity index (χ1) is 12.6. The predicted octanol–water partition coefficient (Wildman–Crippen LogP) is 4.48. The Labute approximate surface area is 163 Å². The van der Waals surface area contributed by atoms with E-state index in [9.17, 15) is 4.79 Å². The number of rotatable bonds is 5. The third-order valence-electron chi connectivity index (χ3n) is 3.88. The highest BCUT2D eigenvalue weighted by atomic mass is 35.5. The van der Waals surface area contributed by atoms with E-state index in [1.54, 1.807) is 11.3 Å². The van der Waals surface area contributed by atoms with E-state index in [1.807, 2.05) is 43.3 Å². The summed E-state index contributed by atoms with van der Waals surface area (Å²) >= 11 is 9.00. The van der Waals surface area contributed by atoms with Gasteiger partial charge in [-0.15, -0.1) is 11.3 Å². The van der Waals surface area contributed by atoms with Crippen molar-refractivity contribution in [2.45, 2.75) is 23.1 Å². The quantitative estimate of drug-likeness (QED) is 0.633. The van der Waals surface area contributed by atoms with Gasteiger partial charge in [-0.2, -0.15) is 0 Å². The molecule has 1 N–H and O–H groups in total. The summed E-state index contributed by atoms with van der Waals surface area (Å²) in [7, 11) is 0. The Morgan fingerprint density at radius 1 is 1.31 bits per heavy atom. The van der Waals surface area contributed by atoms with E-state index >= 15 is 0 Å². The number of hydrogen-bond acceptors (Lipinski definition) is 6. The van der Waals surface area contributed by atoms with Gasteiger partial charge in [-0.3, -0.25) is 4.79 Å². The van der Waals surface area contributed by atoms with E-state index in [2.05, 4.69) is 10.3 Å². The van der Waals surface area contributed by atoms with E-state index in [0.29, 0.717) is 17.3 Å². The summed E-state index contributed by atoms with van der Waals surface area (Å²) < 4.78 is 12.6. The van der Waals surface area contributed by atoms with Crippen LogP contribution in [0, 0.1) is 0 Å². The number of nitrogens with one attached hydrogen (secondary N) is 1. The standard InChI is InChI=1S/C18H15ClN2O3S2/c1-10(25-18-21-13-7-12(19)3-5-16(13)26-18)17(22)20-8-11-2-4-14-15(6-11)24-9-23-14/h2-7,10H,8-9H2,1H3,(H,20,22). The Hall–Kier alpha value is -1.96. The molecule has 0 saturated carbocycles. The molecule has 0 aliphatic carbocycles. The van der Waals surface area contributed by atoms with E-state index < -0.39 is 0 Å². The third-order valence-corrected chi connectivity index (χ3v) is 6.35. The number of halogens is 1. The van der Waals surface area contributed by atoms with Crippen LogP contribution >= 0.6 is 34.7 Å². The molecule has 0 saturated heterocycles. The summed E-state index contributed by atoms with van der Waals surface area (Å²) in [5.74, 6) is 1.41. The second-order valence-electron chi connectivity index (χ2n) is 5.76. The van der Waals surface area contributed by atoms with E-state index in [-0.39, 0.29) is 18.0 Å². The molecule has 2 aromatic carbocycles. The summed E-state index contributed by atoms with van der Waals surface area (Å²) in [5.41, 5.74) is 1.83. The summed E-state index contributed by atoms with van der Waals surface area (Å²) in [6.07, 6.45) is 0. The second kappa shape index (κ2) is 7.34. The molecule has 3 aromatic rings. The lowest BCUT2D eigenvalue weighted by Crippen LogP contribution is -2.30. The van der Waals surface area contributed by atoms with Crippen LogP contribution < -0.4 is 14.8 Å². The summed E-state index contributed by atoms with van der Waals surface area (Å²) in [6.45, 7) is 2.56. The SMILES string of the molecule is CC(Sc1nc2cc(Cl)ccc2s1)C(=O)NCc1ccc2c(c1)OCO2. The maximum Gasteiger partial charge on any atom is 0.233 e. The van der Waals surface area contributed by atoms with Crippen LogP contribution in [0.5, 0.6) is 11.5 Å². The molecule has 1 aliphatic heterocycles. The van der Waals surface area contributed by atoms with Gasteiger partial charge in [0, 0.05) is 11.6 Å². The van der Waals surface area contributed by atoms with Gasteiger partial charge in [0.1, 0.15) is 0 Å². The van der Waals surface area contributed by atoms with Gasteiger partial charge in [-0.05, 0) is 42.8 Å². The molecule has 134 valence electrons. The van der Waals surface area contributed by atoms with Crippen molar-refractivity contribution >= 4 is 50.8 Å². The molecule has 1 aliphatic rings. The Balaban J connectivity index is 1.36. The normalized spacial score (nSPS) is 13.8. The number of thioether (sulfide) groups is 1. The molecule has 1 amide bonds. The fourth-order valence-electron chi connectivity index (χ4n) is 2.52. The smallest absolute Gasteiger partial charge is 0.233 e. The maximum absolute atomic E-state index is 12.4. The van der Waals surface area contributed by atoms with Crippen molar-refractivity contribution < 1.29 is 14.3 Å². The van der Waals surface area contributed by atoms with Gasteiger partial charge >= 0.3 is 0 Å². The predicted molar refractivity (Wildman–Crippen MR) is 104 cm³/mol. The van der Waals surface area contributed by atoms with Crippen LogP contribution in [-0.2, 0) is 11.3 Å². The number of thiazole rings is 1. The van der Waals surface area contributed by atoms with Gasteiger partial charge in [0.05, 0.1) is 15.5 Å². The number of nitrogens with zero attached hydrogens (tertiary/aromatic N) is 1. The number of fused-ring (bicyclic) bond motifs is 2. The van der Waals surface area contributed by atoms with Crippen LogP contribution in [0.15, 0.2) is 40.7 Å². The molecular formula is C18H15ClN2O3S2. The fraction of sp³-hybridized carbons (Fsp3) is 0.222. The van der Waals surface area contributed by atoms with Crippen LogP contribution in [0.2, 0.25) is 5.02 Å². The van der Waals surface area contributed by atoms with Crippen molar-refractivity contribution in [2.75, 3.05) is 6.79 Å². The minimum absolute atomic E-state index is 0.0371. The minimum Gasteiger partial charge on any atom is -0.454 e. The number of ether oxygens (including phenoxy) is 2. The van der Waals surface area contributed by atoms with Crippen LogP contribution in [0.4, 0.5) is 0 Å². The van der Waals surface area contributed by atoms with Gasteiger partial charge in [0.15, 0.2) is 15.8 Å². The highest BCUT2D eigenvalue weighted by Gasteiger charge is 2.18. The van der Waals surface area contributed by atoms with Crippen molar-refractivity contribution in [2.24, 2.45) is 0 Å². The number of hydrogen-bond donors (Lipinski definition) is 1. The number of benzene rings is 2. The second-order valence-corrected chi connectivity index (χ2v) is 8.81. The molecule has 26 heavy (non-hydrogen) atoms. The molecule has 0 fully saturated rings. The van der Waals surface area contributed by atoms with Gasteiger partial charge in [0.25, 0.3) is 0 Å². The van der Waals surface area contributed by atoms with Crippen molar-refractivity contribution in [3.8, 4) is 11.5 Å². The molecule has 1 unspecified atom stereocenters. The number of aromatic nitrogens is 1. The lowest BCUT2D eigenvalue weighted by Gasteiger charge is -2.10. The molecule has 0 bridgehead atoms. The molecule has 2 heterocycles. The lowest BCUT2D eigenvalue weighted by atomic mass is 10.2. The maximum atomic E-state index is 12.4. The third kappa shape index (κ3) is 3.75. The molecular weight excluding hydrogens is 392 g/mol. The highest BCUT2D eigenvalue weighted by Crippen LogP contribution is 2.34. The molecule has 1 atom stereocenters. The number of carbonyl (C=O) groups is 1. The van der Waals surface area contributed by atoms with Crippen molar-refractivity contribution in [3.63, 3.8) is 0 Å². The molecule has 0 spiro atoms. The fourth-order valence-corrected chi connectivity index (χ4v) is 4.90. The highest BCUT2D eigenvalue weighted by molar-refractivity contribution is 8.02. The van der Waals surface area contributed by atoms with Crippen molar-refractivity contribution in [3.05, 3.63) is 47.0 Å². The zero-order valence-electron chi connectivity index (χ0n) is 13.8. The minimum atomic E-state index is -0.250. The zero-order valence-corrected chi connectivity index (χ0v) is 16.2. The molecule has 1 aromatic heterocycles. The van der Waals surface area contributed by atoms with Crippen LogP contribution in [0.3, 0.4) is 0 Å².